The number of hydrogen-bond acceptors (Lipinski definition) is 5. The van der Waals surface area contributed by atoms with E-state index in [4.69, 9.17) is 15.0 Å². The van der Waals surface area contributed by atoms with Crippen LogP contribution in [0.2, 0.25) is 0 Å². The minimum Gasteiger partial charge on any atom is -0.497 e. The molecule has 2 aromatic carbocycles. The molecule has 0 aliphatic carbocycles. The lowest BCUT2D eigenvalue weighted by molar-refractivity contribution is 0.415. The molecule has 0 unspecified atom stereocenters. The second kappa shape index (κ2) is 6.81. The average molecular weight is 355 g/mol. The standard InChI is InChI=1S/C21H17N5O/c1-13-9-20(26-25-13)23-19-11-16-10-17(27-2)7-8-18(16)21(24-19)15-5-3-14(12-22)4-6-15/h3-11H,1-2H3,(H2,23,24,25,26). The highest BCUT2D eigenvalue weighted by atomic mass is 16.5. The van der Waals surface area contributed by atoms with E-state index < -0.39 is 0 Å². The number of nitrogens with zero attached hydrogens (tertiary/aromatic N) is 3. The molecular weight excluding hydrogens is 338 g/mol. The summed E-state index contributed by atoms with van der Waals surface area (Å²) >= 11 is 0. The summed E-state index contributed by atoms with van der Waals surface area (Å²) in [5.41, 5.74) is 3.35. The normalized spacial score (nSPS) is 10.6. The Hall–Kier alpha value is -3.85. The van der Waals surface area contributed by atoms with Gasteiger partial charge in [0, 0.05) is 22.7 Å². The van der Waals surface area contributed by atoms with Gasteiger partial charge in [0.05, 0.1) is 24.4 Å². The van der Waals surface area contributed by atoms with Crippen LogP contribution < -0.4 is 10.1 Å². The molecule has 132 valence electrons. The third-order valence-corrected chi connectivity index (χ3v) is 4.29. The average Bonchev–Trinajstić information content (AvgIpc) is 3.11. The first-order chi connectivity index (χ1) is 13.2. The topological polar surface area (TPSA) is 86.6 Å². The molecule has 2 heterocycles. The number of ether oxygens (including phenoxy) is 1. The van der Waals surface area contributed by atoms with Crippen LogP contribution in [0.3, 0.4) is 0 Å². The van der Waals surface area contributed by atoms with Gasteiger partial charge in [-0.1, -0.05) is 12.1 Å². The molecule has 0 atom stereocenters. The molecule has 2 aromatic heterocycles. The third kappa shape index (κ3) is 3.31. The largest absolute Gasteiger partial charge is 0.497 e. The summed E-state index contributed by atoms with van der Waals surface area (Å²) in [7, 11) is 1.65. The molecule has 0 aliphatic heterocycles. The molecule has 27 heavy (non-hydrogen) atoms. The van der Waals surface area contributed by atoms with Crippen molar-refractivity contribution >= 4 is 22.4 Å². The smallest absolute Gasteiger partial charge is 0.153 e. The van der Waals surface area contributed by atoms with Gasteiger partial charge in [0.2, 0.25) is 0 Å². The van der Waals surface area contributed by atoms with Crippen LogP contribution in [0.25, 0.3) is 22.0 Å². The van der Waals surface area contributed by atoms with Gasteiger partial charge in [0.25, 0.3) is 0 Å². The Bertz CT molecular complexity index is 1160. The van der Waals surface area contributed by atoms with E-state index in [2.05, 4.69) is 21.6 Å². The van der Waals surface area contributed by atoms with E-state index in [1.165, 1.54) is 0 Å². The van der Waals surface area contributed by atoms with E-state index in [9.17, 15) is 0 Å². The zero-order valence-corrected chi connectivity index (χ0v) is 14.9. The number of aromatic amines is 1. The number of methoxy groups -OCH3 is 1. The predicted octanol–water partition coefficient (Wildman–Crippen LogP) is 4.56. The van der Waals surface area contributed by atoms with Crippen molar-refractivity contribution in [3.8, 4) is 23.1 Å². The summed E-state index contributed by atoms with van der Waals surface area (Å²) in [6.45, 7) is 1.94. The van der Waals surface area contributed by atoms with Crippen LogP contribution in [-0.4, -0.2) is 22.3 Å². The van der Waals surface area contributed by atoms with Gasteiger partial charge >= 0.3 is 0 Å². The zero-order chi connectivity index (χ0) is 18.8. The Morgan fingerprint density at radius 1 is 1.04 bits per heavy atom. The highest BCUT2D eigenvalue weighted by Crippen LogP contribution is 2.32. The SMILES string of the molecule is COc1ccc2c(-c3ccc(C#N)cc3)nc(Nc3cc(C)[nH]n3)cc2c1. The van der Waals surface area contributed by atoms with Crippen LogP contribution in [0.4, 0.5) is 11.6 Å². The third-order valence-electron chi connectivity index (χ3n) is 4.29. The number of rotatable bonds is 4. The number of benzene rings is 2. The van der Waals surface area contributed by atoms with Gasteiger partial charge < -0.3 is 10.1 Å². The molecular formula is C21H17N5O. The quantitative estimate of drug-likeness (QED) is 0.560. The van der Waals surface area contributed by atoms with Crippen molar-refractivity contribution in [2.24, 2.45) is 0 Å². The van der Waals surface area contributed by atoms with Crippen LogP contribution >= 0.6 is 0 Å². The number of nitriles is 1. The first-order valence-corrected chi connectivity index (χ1v) is 8.44. The van der Waals surface area contributed by atoms with Crippen molar-refractivity contribution in [1.29, 1.82) is 5.26 Å². The van der Waals surface area contributed by atoms with E-state index >= 15 is 0 Å². The highest BCUT2D eigenvalue weighted by Gasteiger charge is 2.11. The van der Waals surface area contributed by atoms with Crippen LogP contribution in [0.1, 0.15) is 11.3 Å². The lowest BCUT2D eigenvalue weighted by Crippen LogP contribution is -1.97. The van der Waals surface area contributed by atoms with Crippen LogP contribution in [-0.2, 0) is 0 Å². The van der Waals surface area contributed by atoms with E-state index in [0.29, 0.717) is 17.2 Å². The Morgan fingerprint density at radius 2 is 1.85 bits per heavy atom. The maximum atomic E-state index is 9.04. The highest BCUT2D eigenvalue weighted by molar-refractivity contribution is 5.97. The van der Waals surface area contributed by atoms with Crippen LogP contribution in [0.5, 0.6) is 5.75 Å². The van der Waals surface area contributed by atoms with Crippen molar-refractivity contribution in [3.05, 3.63) is 65.9 Å². The second-order valence-electron chi connectivity index (χ2n) is 6.19. The molecule has 0 spiro atoms. The summed E-state index contributed by atoms with van der Waals surface area (Å²) in [4.78, 5) is 4.80. The maximum absolute atomic E-state index is 9.04. The molecule has 0 amide bonds. The molecule has 0 radical (unpaired) electrons. The molecule has 0 saturated heterocycles. The summed E-state index contributed by atoms with van der Waals surface area (Å²) in [6, 6.07) is 19.3. The Morgan fingerprint density at radius 3 is 2.52 bits per heavy atom. The zero-order valence-electron chi connectivity index (χ0n) is 14.9. The van der Waals surface area contributed by atoms with E-state index in [0.717, 1.165) is 33.5 Å². The molecule has 4 aromatic rings. The minimum absolute atomic E-state index is 0.617. The lowest BCUT2D eigenvalue weighted by atomic mass is 10.0. The minimum atomic E-state index is 0.617. The fourth-order valence-corrected chi connectivity index (χ4v) is 2.96. The van der Waals surface area contributed by atoms with Crippen molar-refractivity contribution in [2.45, 2.75) is 6.92 Å². The van der Waals surface area contributed by atoms with Crippen molar-refractivity contribution in [1.82, 2.24) is 15.2 Å². The van der Waals surface area contributed by atoms with E-state index in [1.807, 2.05) is 49.4 Å². The second-order valence-corrected chi connectivity index (χ2v) is 6.19. The number of nitrogens with one attached hydrogen (secondary N) is 2. The van der Waals surface area contributed by atoms with E-state index in [1.54, 1.807) is 19.2 Å². The molecule has 0 aliphatic rings. The number of aryl methyl sites for hydroxylation is 1. The summed E-state index contributed by atoms with van der Waals surface area (Å²) in [6.07, 6.45) is 0. The predicted molar refractivity (Wildman–Crippen MR) is 105 cm³/mol. The summed E-state index contributed by atoms with van der Waals surface area (Å²) in [5, 5.41) is 21.4. The fourth-order valence-electron chi connectivity index (χ4n) is 2.96. The van der Waals surface area contributed by atoms with Gasteiger partial charge in [0.15, 0.2) is 5.82 Å². The maximum Gasteiger partial charge on any atom is 0.153 e. The number of anilines is 2. The number of pyridine rings is 1. The van der Waals surface area contributed by atoms with Crippen molar-refractivity contribution in [2.75, 3.05) is 12.4 Å². The first kappa shape index (κ1) is 16.6. The van der Waals surface area contributed by atoms with Gasteiger partial charge in [-0.2, -0.15) is 10.4 Å². The monoisotopic (exact) mass is 355 g/mol. The molecule has 6 heteroatoms. The van der Waals surface area contributed by atoms with Gasteiger partial charge in [-0.25, -0.2) is 4.98 Å². The number of fused-ring (bicyclic) bond motifs is 1. The van der Waals surface area contributed by atoms with E-state index in [-0.39, 0.29) is 0 Å². The van der Waals surface area contributed by atoms with Crippen molar-refractivity contribution < 1.29 is 4.74 Å². The molecule has 2 N–H and O–H groups in total. The number of H-pyrrole nitrogens is 1. The number of hydrogen-bond donors (Lipinski definition) is 2. The van der Waals surface area contributed by atoms with Gasteiger partial charge in [-0.3, -0.25) is 5.10 Å². The molecule has 0 saturated carbocycles. The van der Waals surface area contributed by atoms with Crippen molar-refractivity contribution in [3.63, 3.8) is 0 Å². The first-order valence-electron chi connectivity index (χ1n) is 8.44. The van der Waals surface area contributed by atoms with Crippen LogP contribution in [0, 0.1) is 18.3 Å². The molecule has 0 fully saturated rings. The summed E-state index contributed by atoms with van der Waals surface area (Å²) < 4.78 is 5.37. The number of aromatic nitrogens is 3. The van der Waals surface area contributed by atoms with Crippen LogP contribution in [0.15, 0.2) is 54.6 Å². The molecule has 6 nitrogen and oxygen atoms in total. The van der Waals surface area contributed by atoms with Gasteiger partial charge in [0.1, 0.15) is 11.6 Å². The Kier molecular flexibility index (Phi) is 4.19. The van der Waals surface area contributed by atoms with Gasteiger partial charge in [-0.15, -0.1) is 0 Å². The summed E-state index contributed by atoms with van der Waals surface area (Å²) in [5.74, 6) is 2.16. The van der Waals surface area contributed by atoms with Gasteiger partial charge in [-0.05, 0) is 48.7 Å². The fraction of sp³-hybridized carbons (Fsp3) is 0.0952. The molecule has 4 rings (SSSR count). The Balaban J connectivity index is 1.87. The lowest BCUT2D eigenvalue weighted by Gasteiger charge is -2.11. The molecule has 0 bridgehead atoms. The Labute approximate surface area is 156 Å².